The van der Waals surface area contributed by atoms with Crippen LogP contribution in [-0.4, -0.2) is 28.1 Å². The molecule has 0 aromatic carbocycles. The van der Waals surface area contributed by atoms with E-state index in [-0.39, 0.29) is 11.8 Å². The Kier molecular flexibility index (Phi) is 8.15. The lowest BCUT2D eigenvalue weighted by molar-refractivity contribution is -0.134. The summed E-state index contributed by atoms with van der Waals surface area (Å²) in [6.45, 7) is 3.53. The highest BCUT2D eigenvalue weighted by atomic mass is 16.4. The Morgan fingerprint density at radius 1 is 1.07 bits per heavy atom. The van der Waals surface area contributed by atoms with Gasteiger partial charge in [-0.3, -0.25) is 4.79 Å². The number of nitrogens with two attached hydrogens (primary N) is 1. The van der Waals surface area contributed by atoms with Crippen LogP contribution in [0.5, 0.6) is 0 Å². The summed E-state index contributed by atoms with van der Waals surface area (Å²) in [5, 5.41) is 15.6. The molecule has 0 bridgehead atoms. The highest BCUT2D eigenvalue weighted by molar-refractivity contribution is 5.89. The fraction of sp³-hybridized carbons (Fsp3) is 0.375. The van der Waals surface area contributed by atoms with Crippen LogP contribution < -0.4 is 5.73 Å². The van der Waals surface area contributed by atoms with Crippen LogP contribution in [0.2, 0.25) is 0 Å². The third kappa shape index (κ3) is 16.6. The number of carbonyl (C=O) groups is 3. The average molecular weight is 203 g/mol. The normalized spacial score (nSPS) is 9.36. The number of primary amides is 1. The minimum absolute atomic E-state index is 0.00926. The number of rotatable bonds is 3. The largest absolute Gasteiger partial charge is 0.478 e. The predicted octanol–water partition coefficient (Wildman–Crippen LogP) is -0.160. The van der Waals surface area contributed by atoms with Gasteiger partial charge in [0.2, 0.25) is 5.91 Å². The van der Waals surface area contributed by atoms with Crippen LogP contribution in [0, 0.1) is 5.92 Å². The van der Waals surface area contributed by atoms with Crippen LogP contribution in [-0.2, 0) is 14.4 Å². The number of hydrogen-bond donors (Lipinski definition) is 3. The minimum Gasteiger partial charge on any atom is -0.478 e. The van der Waals surface area contributed by atoms with Crippen LogP contribution in [0.1, 0.15) is 13.8 Å². The molecule has 0 aromatic heterocycles. The molecule has 0 aromatic rings. The summed E-state index contributed by atoms with van der Waals surface area (Å²) >= 11 is 0. The van der Waals surface area contributed by atoms with Gasteiger partial charge in [0.1, 0.15) is 0 Å². The molecule has 14 heavy (non-hydrogen) atoms. The highest BCUT2D eigenvalue weighted by Gasteiger charge is 1.96. The number of aliphatic carboxylic acids is 2. The van der Waals surface area contributed by atoms with Crippen molar-refractivity contribution in [3.63, 3.8) is 0 Å². The van der Waals surface area contributed by atoms with E-state index in [1.54, 1.807) is 13.8 Å². The predicted molar refractivity (Wildman–Crippen MR) is 48.4 cm³/mol. The van der Waals surface area contributed by atoms with Gasteiger partial charge in [0, 0.05) is 18.1 Å². The quantitative estimate of drug-likeness (QED) is 0.551. The number of amides is 1. The maximum atomic E-state index is 9.92. The van der Waals surface area contributed by atoms with Crippen molar-refractivity contribution in [1.82, 2.24) is 0 Å². The summed E-state index contributed by atoms with van der Waals surface area (Å²) in [7, 11) is 0. The van der Waals surface area contributed by atoms with Crippen molar-refractivity contribution in [3.05, 3.63) is 12.2 Å². The zero-order valence-electron chi connectivity index (χ0n) is 7.93. The first kappa shape index (κ1) is 14.7. The van der Waals surface area contributed by atoms with E-state index in [2.05, 4.69) is 0 Å². The Bertz CT molecular complexity index is 228. The van der Waals surface area contributed by atoms with E-state index < -0.39 is 11.9 Å². The Balaban J connectivity index is 0. The molecule has 0 aliphatic carbocycles. The molecular formula is C8H13NO5. The summed E-state index contributed by atoms with van der Waals surface area (Å²) in [5.74, 6) is -2.76. The van der Waals surface area contributed by atoms with E-state index in [4.69, 9.17) is 15.9 Å². The number of hydrogen-bond acceptors (Lipinski definition) is 3. The summed E-state index contributed by atoms with van der Waals surface area (Å²) in [6, 6.07) is 0. The van der Waals surface area contributed by atoms with Gasteiger partial charge in [-0.1, -0.05) is 13.8 Å². The third-order valence-electron chi connectivity index (χ3n) is 0.938. The van der Waals surface area contributed by atoms with Gasteiger partial charge in [-0.15, -0.1) is 0 Å². The van der Waals surface area contributed by atoms with Crippen LogP contribution in [0.15, 0.2) is 12.2 Å². The van der Waals surface area contributed by atoms with Crippen LogP contribution in [0.25, 0.3) is 0 Å². The van der Waals surface area contributed by atoms with Gasteiger partial charge in [0.15, 0.2) is 0 Å². The van der Waals surface area contributed by atoms with Crippen LogP contribution in [0.4, 0.5) is 0 Å². The molecule has 0 spiro atoms. The summed E-state index contributed by atoms with van der Waals surface area (Å²) in [6.07, 6.45) is 1.12. The average Bonchev–Trinajstić information content (AvgIpc) is 2.01. The highest BCUT2D eigenvalue weighted by Crippen LogP contribution is 1.84. The molecule has 4 N–H and O–H groups in total. The van der Waals surface area contributed by atoms with Crippen molar-refractivity contribution in [1.29, 1.82) is 0 Å². The fourth-order valence-electron chi connectivity index (χ4n) is 0.143. The second-order valence-electron chi connectivity index (χ2n) is 2.57. The first-order valence-corrected chi connectivity index (χ1v) is 3.70. The van der Waals surface area contributed by atoms with Gasteiger partial charge in [0.25, 0.3) is 0 Å². The molecule has 0 heterocycles. The molecular weight excluding hydrogens is 190 g/mol. The van der Waals surface area contributed by atoms with E-state index in [0.717, 1.165) is 0 Å². The Hall–Kier alpha value is -1.85. The molecule has 0 aliphatic rings. The van der Waals surface area contributed by atoms with E-state index in [1.165, 1.54) is 0 Å². The number of carboxylic acids is 2. The lowest BCUT2D eigenvalue weighted by atomic mass is 10.2. The molecule has 80 valence electrons. The van der Waals surface area contributed by atoms with E-state index >= 15 is 0 Å². The third-order valence-corrected chi connectivity index (χ3v) is 0.938. The van der Waals surface area contributed by atoms with E-state index in [9.17, 15) is 14.4 Å². The van der Waals surface area contributed by atoms with Crippen molar-refractivity contribution < 1.29 is 24.6 Å². The molecule has 0 rings (SSSR count). The molecule has 0 unspecified atom stereocenters. The lowest BCUT2D eigenvalue weighted by Gasteiger charge is -1.90. The number of carbonyl (C=O) groups excluding carboxylic acids is 1. The molecule has 1 amide bonds. The molecule has 0 saturated heterocycles. The minimum atomic E-state index is -1.26. The van der Waals surface area contributed by atoms with Gasteiger partial charge in [-0.05, 0) is 0 Å². The van der Waals surface area contributed by atoms with Gasteiger partial charge in [-0.25, -0.2) is 9.59 Å². The zero-order chi connectivity index (χ0) is 11.7. The Morgan fingerprint density at radius 2 is 1.29 bits per heavy atom. The second-order valence-corrected chi connectivity index (χ2v) is 2.57. The zero-order valence-corrected chi connectivity index (χ0v) is 7.93. The van der Waals surface area contributed by atoms with Gasteiger partial charge in [0.05, 0.1) is 0 Å². The smallest absolute Gasteiger partial charge is 0.328 e. The first-order valence-electron chi connectivity index (χ1n) is 3.70. The van der Waals surface area contributed by atoms with Crippen LogP contribution in [0.3, 0.4) is 0 Å². The van der Waals surface area contributed by atoms with Crippen molar-refractivity contribution in [2.24, 2.45) is 11.7 Å². The first-order chi connectivity index (χ1) is 6.27. The van der Waals surface area contributed by atoms with Crippen molar-refractivity contribution >= 4 is 17.8 Å². The van der Waals surface area contributed by atoms with Gasteiger partial charge >= 0.3 is 11.9 Å². The number of carboxylic acid groups (broad SMARTS) is 2. The molecule has 0 atom stereocenters. The van der Waals surface area contributed by atoms with E-state index in [0.29, 0.717) is 12.2 Å². The maximum absolute atomic E-state index is 9.92. The summed E-state index contributed by atoms with van der Waals surface area (Å²) in [4.78, 5) is 29.0. The molecule has 6 heteroatoms. The van der Waals surface area contributed by atoms with Crippen molar-refractivity contribution in [2.45, 2.75) is 13.8 Å². The topological polar surface area (TPSA) is 118 Å². The molecule has 0 aliphatic heterocycles. The summed E-state index contributed by atoms with van der Waals surface area (Å²) < 4.78 is 0. The van der Waals surface area contributed by atoms with Crippen LogP contribution >= 0.6 is 0 Å². The second kappa shape index (κ2) is 7.78. The molecule has 0 fully saturated rings. The molecule has 6 nitrogen and oxygen atoms in total. The monoisotopic (exact) mass is 203 g/mol. The standard InChI is InChI=1S/C4H9NO.C4H4O4/c1-3(2)4(5)6;5-3(6)1-2-4(7)8/h3H,1-2H3,(H2,5,6);1-2H,(H,5,6)(H,7,8). The molecule has 0 saturated carbocycles. The summed E-state index contributed by atoms with van der Waals surface area (Å²) in [5.41, 5.74) is 4.80. The van der Waals surface area contributed by atoms with Crippen molar-refractivity contribution in [2.75, 3.05) is 0 Å². The molecule has 0 radical (unpaired) electrons. The van der Waals surface area contributed by atoms with Gasteiger partial charge < -0.3 is 15.9 Å². The van der Waals surface area contributed by atoms with Crippen molar-refractivity contribution in [3.8, 4) is 0 Å². The SMILES string of the molecule is CC(C)C(N)=O.O=C(O)C=CC(=O)O. The lowest BCUT2D eigenvalue weighted by Crippen LogP contribution is -2.17. The Morgan fingerprint density at radius 3 is 1.36 bits per heavy atom. The van der Waals surface area contributed by atoms with Gasteiger partial charge in [-0.2, -0.15) is 0 Å². The fourth-order valence-corrected chi connectivity index (χ4v) is 0.143. The Labute approximate surface area is 81.0 Å². The maximum Gasteiger partial charge on any atom is 0.328 e. The van der Waals surface area contributed by atoms with E-state index in [1.807, 2.05) is 0 Å².